The van der Waals surface area contributed by atoms with Gasteiger partial charge in [0, 0.05) is 56.4 Å². The van der Waals surface area contributed by atoms with Gasteiger partial charge in [0.05, 0.1) is 17.8 Å². The molecule has 1 aliphatic heterocycles. The average Bonchev–Trinajstić information content (AvgIpc) is 4.06. The van der Waals surface area contributed by atoms with Crippen LogP contribution >= 0.6 is 0 Å². The fourth-order valence-corrected chi connectivity index (χ4v) is 8.13. The highest BCUT2D eigenvalue weighted by molar-refractivity contribution is 5.98. The lowest BCUT2D eigenvalue weighted by Gasteiger charge is -2.31. The van der Waals surface area contributed by atoms with Crippen molar-refractivity contribution in [3.63, 3.8) is 0 Å². The van der Waals surface area contributed by atoms with Crippen molar-refractivity contribution in [3.05, 3.63) is 88.0 Å². The zero-order valence-corrected chi connectivity index (χ0v) is 42.0. The zero-order valence-electron chi connectivity index (χ0n) is 42.0. The number of phenolic OH excluding ortho intramolecular Hbond substituents is 1. The summed E-state index contributed by atoms with van der Waals surface area (Å²) in [6, 6.07) is 2.08. The summed E-state index contributed by atoms with van der Waals surface area (Å²) >= 11 is 0. The van der Waals surface area contributed by atoms with Crippen molar-refractivity contribution in [2.45, 2.75) is 115 Å². The predicted molar refractivity (Wildman–Crippen MR) is 268 cm³/mol. The zero-order chi connectivity index (χ0) is 54.6. The number of carboxylic acid groups (broad SMARTS) is 1. The molecule has 0 saturated carbocycles. The summed E-state index contributed by atoms with van der Waals surface area (Å²) in [6.45, 7) is 6.78. The van der Waals surface area contributed by atoms with Crippen LogP contribution in [0.5, 0.6) is 5.75 Å². The fourth-order valence-electron chi connectivity index (χ4n) is 8.13. The number of nitrogens with zero attached hydrogens (tertiary/aromatic N) is 4. The lowest BCUT2D eigenvalue weighted by Crippen LogP contribution is -2.61. The van der Waals surface area contributed by atoms with Gasteiger partial charge in [-0.25, -0.2) is 9.78 Å². The molecule has 0 unspecified atom stereocenters. The molecular weight excluding hydrogens is 965 g/mol. The molecule has 3 aromatic rings. The maximum Gasteiger partial charge on any atom is 0.326 e. The van der Waals surface area contributed by atoms with E-state index in [9.17, 15) is 58.7 Å². The molecule has 0 bridgehead atoms. The second-order valence-corrected chi connectivity index (χ2v) is 18.6. The molecule has 26 nitrogen and oxygen atoms in total. The van der Waals surface area contributed by atoms with Gasteiger partial charge in [0.1, 0.15) is 48.0 Å². The standard InChI is InChI=1S/C48H68N14O12/c1-26(2)39(59-41(65)33(55-38(64)24-51-5)8-6-18-53-48(49)50)44(68)56-34(20-29-12-16-32(63)17-13-29)42(66)60-40(27(3)4)45(69)57-35(22-30-23-52-25-54-30)46(70)61-19-7-9-37(61)43(67)58-36(47(71)72)21-28-10-14-31(15-11-28)62(73)74/h10-17,23,25-27,33-37,39-40,51,63H,6-9,18-22,24H2,1-5H3,(H,52,54)(H,55,64)(H,56,68)(H,57,69)(H,58,67)(H,59,65)(H,60,66)(H,71,72)(H4,49,50,53)/t33-,34-,35-,36-,37-,39-,40-/m0/s1. The van der Waals surface area contributed by atoms with Crippen LogP contribution in [-0.4, -0.2) is 152 Å². The van der Waals surface area contributed by atoms with E-state index in [-0.39, 0.29) is 69.1 Å². The van der Waals surface area contributed by atoms with E-state index < -0.39 is 106 Å². The Morgan fingerprint density at radius 2 is 1.35 bits per heavy atom. The second kappa shape index (κ2) is 28.2. The lowest BCUT2D eigenvalue weighted by molar-refractivity contribution is -0.384. The number of imidazole rings is 1. The Labute approximate surface area is 427 Å². The summed E-state index contributed by atoms with van der Waals surface area (Å²) in [6.07, 6.45) is 3.26. The SMILES string of the molecule is CNCC(=O)N[C@@H](CCCN=C(N)N)C(=O)N[C@H](C(=O)N[C@@H](Cc1ccc(O)cc1)C(=O)N[C@H](C(=O)N[C@@H](Cc1cnc[nH]1)C(=O)N1CCC[C@H]1C(=O)N[C@@H](Cc1ccc([N+](=O)[O-])cc1)C(=O)O)C(C)C)C(C)C. The van der Waals surface area contributed by atoms with Gasteiger partial charge in [-0.2, -0.15) is 0 Å². The number of likely N-dealkylation sites (tertiary alicyclic amines) is 1. The number of hydrogen-bond donors (Lipinski definition) is 12. The first-order valence-corrected chi connectivity index (χ1v) is 24.1. The Balaban J connectivity index is 1.56. The molecule has 74 heavy (non-hydrogen) atoms. The summed E-state index contributed by atoms with van der Waals surface area (Å²) in [5, 5.41) is 49.9. The number of guanidine groups is 1. The van der Waals surface area contributed by atoms with Crippen LogP contribution in [0.4, 0.5) is 5.69 Å². The van der Waals surface area contributed by atoms with E-state index in [1.807, 2.05) is 0 Å². The van der Waals surface area contributed by atoms with Gasteiger partial charge < -0.3 is 68.8 Å². The second-order valence-electron chi connectivity index (χ2n) is 18.6. The number of carboxylic acids is 1. The number of carbonyl (C=O) groups is 8. The normalized spacial score (nSPS) is 15.6. The summed E-state index contributed by atoms with van der Waals surface area (Å²) in [7, 11) is 1.56. The minimum Gasteiger partial charge on any atom is -0.508 e. The number of nitro benzene ring substituents is 1. The third-order valence-corrected chi connectivity index (χ3v) is 12.1. The van der Waals surface area contributed by atoms with Crippen LogP contribution in [0.1, 0.15) is 70.2 Å². The number of aromatic amines is 1. The number of nitrogens with one attached hydrogen (secondary N) is 8. The molecule has 1 aromatic heterocycles. The number of likely N-dealkylation sites (N-methyl/N-ethyl adjacent to an activating group) is 1. The summed E-state index contributed by atoms with van der Waals surface area (Å²) in [5.41, 5.74) is 12.0. The summed E-state index contributed by atoms with van der Waals surface area (Å²) < 4.78 is 0. The molecule has 4 rings (SSSR count). The minimum atomic E-state index is -1.45. The van der Waals surface area contributed by atoms with Crippen LogP contribution in [-0.2, 0) is 57.6 Å². The van der Waals surface area contributed by atoms with Crippen LogP contribution in [0.15, 0.2) is 66.0 Å². The molecule has 2 heterocycles. The quantitative estimate of drug-likeness (QED) is 0.0131. The van der Waals surface area contributed by atoms with Crippen molar-refractivity contribution in [1.29, 1.82) is 0 Å². The number of aromatic hydroxyl groups is 1. The Hall–Kier alpha value is -8.16. The highest BCUT2D eigenvalue weighted by atomic mass is 16.6. The maximum atomic E-state index is 14.5. The van der Waals surface area contributed by atoms with Crippen molar-refractivity contribution < 1.29 is 53.5 Å². The highest BCUT2D eigenvalue weighted by Gasteiger charge is 2.41. The van der Waals surface area contributed by atoms with E-state index in [2.05, 4.69) is 52.2 Å². The van der Waals surface area contributed by atoms with E-state index in [4.69, 9.17) is 11.5 Å². The molecule has 1 saturated heterocycles. The number of H-pyrrole nitrogens is 1. The van der Waals surface area contributed by atoms with Crippen molar-refractivity contribution in [2.75, 3.05) is 26.7 Å². The minimum absolute atomic E-state index is 0.0585. The van der Waals surface area contributed by atoms with Crippen molar-refractivity contribution in [2.24, 2.45) is 28.3 Å². The third kappa shape index (κ3) is 17.9. The van der Waals surface area contributed by atoms with Gasteiger partial charge in [-0.1, -0.05) is 52.0 Å². The van der Waals surface area contributed by atoms with E-state index in [0.717, 1.165) is 0 Å². The lowest BCUT2D eigenvalue weighted by atomic mass is 9.98. The van der Waals surface area contributed by atoms with Gasteiger partial charge in [0.2, 0.25) is 41.4 Å². The van der Waals surface area contributed by atoms with E-state index in [0.29, 0.717) is 29.7 Å². The smallest absolute Gasteiger partial charge is 0.326 e. The number of aliphatic imine (C=N–C) groups is 1. The first kappa shape index (κ1) is 58.4. The van der Waals surface area contributed by atoms with Crippen molar-refractivity contribution in [1.82, 2.24) is 52.1 Å². The molecule has 0 radical (unpaired) electrons. The first-order chi connectivity index (χ1) is 35.1. The van der Waals surface area contributed by atoms with E-state index in [1.54, 1.807) is 34.7 Å². The van der Waals surface area contributed by atoms with Crippen LogP contribution in [0.25, 0.3) is 0 Å². The molecule has 0 spiro atoms. The number of aromatic nitrogens is 2. The number of hydrogen-bond acceptors (Lipinski definition) is 14. The molecule has 2 aromatic carbocycles. The van der Waals surface area contributed by atoms with Gasteiger partial charge in [-0.3, -0.25) is 48.7 Å². The first-order valence-electron chi connectivity index (χ1n) is 24.1. The fraction of sp³-hybridized carbons (Fsp3) is 0.500. The number of benzene rings is 2. The Bertz CT molecular complexity index is 2450. The Kier molecular flexibility index (Phi) is 22.2. The molecule has 1 aliphatic rings. The Morgan fingerprint density at radius 3 is 1.88 bits per heavy atom. The predicted octanol–water partition coefficient (Wildman–Crippen LogP) is -1.38. The number of amides is 7. The van der Waals surface area contributed by atoms with Gasteiger partial charge >= 0.3 is 5.97 Å². The van der Waals surface area contributed by atoms with Crippen LogP contribution in [0.2, 0.25) is 0 Å². The number of nitro groups is 1. The molecule has 7 amide bonds. The van der Waals surface area contributed by atoms with Gasteiger partial charge in [-0.15, -0.1) is 0 Å². The van der Waals surface area contributed by atoms with Crippen molar-refractivity contribution >= 4 is 59.0 Å². The number of phenols is 1. The molecular formula is C48H68N14O12. The topological polar surface area (TPSA) is 401 Å². The summed E-state index contributed by atoms with van der Waals surface area (Å²) in [4.78, 5) is 133. The monoisotopic (exact) mass is 1030 g/mol. The van der Waals surface area contributed by atoms with Crippen LogP contribution in [0, 0.1) is 22.0 Å². The summed E-state index contributed by atoms with van der Waals surface area (Å²) in [5.74, 6) is -7.76. The van der Waals surface area contributed by atoms with Crippen LogP contribution in [0.3, 0.4) is 0 Å². The number of carbonyl (C=O) groups excluding carboxylic acids is 7. The average molecular weight is 1030 g/mol. The molecule has 402 valence electrons. The largest absolute Gasteiger partial charge is 0.508 e. The van der Waals surface area contributed by atoms with Crippen molar-refractivity contribution in [3.8, 4) is 5.75 Å². The Morgan fingerprint density at radius 1 is 0.784 bits per heavy atom. The molecule has 0 aliphatic carbocycles. The molecule has 26 heteroatoms. The van der Waals surface area contributed by atoms with Gasteiger partial charge in [0.15, 0.2) is 5.96 Å². The number of aliphatic carboxylic acids is 1. The molecule has 7 atom stereocenters. The number of rotatable bonds is 28. The van der Waals surface area contributed by atoms with E-state index in [1.165, 1.54) is 66.0 Å². The van der Waals surface area contributed by atoms with Gasteiger partial charge in [0.25, 0.3) is 5.69 Å². The van der Waals surface area contributed by atoms with Gasteiger partial charge in [-0.05, 0) is 67.8 Å². The van der Waals surface area contributed by atoms with Crippen LogP contribution < -0.4 is 48.7 Å². The highest BCUT2D eigenvalue weighted by Crippen LogP contribution is 2.21. The number of non-ortho nitro benzene ring substituents is 1. The maximum absolute atomic E-state index is 14.5. The third-order valence-electron chi connectivity index (χ3n) is 12.1. The number of nitrogens with two attached hydrogens (primary N) is 2. The molecule has 14 N–H and O–H groups in total. The van der Waals surface area contributed by atoms with E-state index >= 15 is 0 Å². The molecule has 1 fully saturated rings.